The summed E-state index contributed by atoms with van der Waals surface area (Å²) in [6, 6.07) is 15.7. The maximum Gasteiger partial charge on any atom is 0.245 e. The van der Waals surface area contributed by atoms with Gasteiger partial charge in [-0.2, -0.15) is 0 Å². The zero-order valence-electron chi connectivity index (χ0n) is 23.2. The van der Waals surface area contributed by atoms with Crippen molar-refractivity contribution in [2.75, 3.05) is 33.3 Å². The molecule has 4 amide bonds. The number of para-hydroxylation sites is 1. The fourth-order valence-corrected chi connectivity index (χ4v) is 4.78. The number of benzene rings is 2. The fourth-order valence-electron chi connectivity index (χ4n) is 4.78. The van der Waals surface area contributed by atoms with Gasteiger partial charge in [0.05, 0.1) is 13.1 Å². The number of aryl methyl sites for hydroxylation is 1. The second-order valence-electron chi connectivity index (χ2n) is 9.87. The first kappa shape index (κ1) is 29.7. The van der Waals surface area contributed by atoms with E-state index in [9.17, 15) is 19.2 Å². The van der Waals surface area contributed by atoms with Gasteiger partial charge in [0.25, 0.3) is 0 Å². The first-order valence-electron chi connectivity index (χ1n) is 13.6. The van der Waals surface area contributed by atoms with Crippen LogP contribution < -0.4 is 15.4 Å². The van der Waals surface area contributed by atoms with E-state index in [1.165, 1.54) is 16.7 Å². The minimum Gasteiger partial charge on any atom is -0.491 e. The van der Waals surface area contributed by atoms with E-state index >= 15 is 0 Å². The van der Waals surface area contributed by atoms with Crippen molar-refractivity contribution >= 4 is 23.6 Å². The summed E-state index contributed by atoms with van der Waals surface area (Å²) in [5.41, 5.74) is 1.91. The van der Waals surface area contributed by atoms with Gasteiger partial charge in [-0.05, 0) is 36.5 Å². The third kappa shape index (κ3) is 8.84. The summed E-state index contributed by atoms with van der Waals surface area (Å²) in [5.74, 6) is -0.556. The molecule has 2 aromatic carbocycles. The largest absolute Gasteiger partial charge is 0.491 e. The average molecular weight is 537 g/mol. The highest BCUT2D eigenvalue weighted by Crippen LogP contribution is 2.20. The van der Waals surface area contributed by atoms with E-state index in [4.69, 9.17) is 4.74 Å². The van der Waals surface area contributed by atoms with E-state index in [2.05, 4.69) is 10.6 Å². The van der Waals surface area contributed by atoms with Crippen molar-refractivity contribution in [1.82, 2.24) is 20.4 Å². The Hall–Kier alpha value is -3.88. The molecule has 0 spiro atoms. The number of carbonyl (C=O) groups excluding carboxylic acids is 4. The van der Waals surface area contributed by atoms with Crippen LogP contribution in [0.3, 0.4) is 0 Å². The first-order chi connectivity index (χ1) is 18.8. The van der Waals surface area contributed by atoms with Crippen molar-refractivity contribution < 1.29 is 23.9 Å². The van der Waals surface area contributed by atoms with Gasteiger partial charge in [0.1, 0.15) is 24.4 Å². The molecule has 0 bridgehead atoms. The van der Waals surface area contributed by atoms with E-state index in [1.54, 1.807) is 7.05 Å². The van der Waals surface area contributed by atoms with Crippen molar-refractivity contribution in [3.05, 3.63) is 65.7 Å². The van der Waals surface area contributed by atoms with Crippen molar-refractivity contribution in [1.29, 1.82) is 0 Å². The number of hydrogen-bond donors (Lipinski definition) is 2. The highest BCUT2D eigenvalue weighted by atomic mass is 16.5. The van der Waals surface area contributed by atoms with Crippen LogP contribution in [0.25, 0.3) is 0 Å². The van der Waals surface area contributed by atoms with Gasteiger partial charge >= 0.3 is 0 Å². The molecule has 2 atom stereocenters. The summed E-state index contributed by atoms with van der Waals surface area (Å²) in [6.07, 6.45) is 2.84. The normalized spacial score (nSPS) is 20.1. The molecule has 1 aliphatic rings. The maximum absolute atomic E-state index is 13.5. The Morgan fingerprint density at radius 1 is 1.05 bits per heavy atom. The molecule has 0 saturated heterocycles. The average Bonchev–Trinajstić information content (AvgIpc) is 2.92. The van der Waals surface area contributed by atoms with Gasteiger partial charge in [-0.3, -0.25) is 19.2 Å². The molecule has 2 N–H and O–H groups in total. The zero-order valence-corrected chi connectivity index (χ0v) is 23.2. The molecule has 0 unspecified atom stereocenters. The summed E-state index contributed by atoms with van der Waals surface area (Å²) in [5, 5.41) is 5.77. The van der Waals surface area contributed by atoms with E-state index in [0.717, 1.165) is 16.9 Å². The Kier molecular flexibility index (Phi) is 11.3. The summed E-state index contributed by atoms with van der Waals surface area (Å²) in [6.45, 7) is 4.07. The third-order valence-electron chi connectivity index (χ3n) is 6.80. The summed E-state index contributed by atoms with van der Waals surface area (Å²) < 4.78 is 6.05. The molecule has 39 heavy (non-hydrogen) atoms. The molecule has 9 nitrogen and oxygen atoms in total. The number of carbonyl (C=O) groups is 4. The number of nitrogens with one attached hydrogen (secondary N) is 2. The number of amides is 4. The standard InChI is InChI=1S/C30H40N4O5/c1-4-11-26-30(38)33(3)21-28(36)32-25(20-23-12-6-5-7-13-23)29(37)31-17-10-15-24-14-8-9-16-27(24)39-19-18-34(26)22(2)35/h5-9,12-14,16,25-26H,4,10-11,15,17-21H2,1-3H3,(H,31,37)(H,32,36)/t25-,26+/m1/s1. The second kappa shape index (κ2) is 14.9. The van der Waals surface area contributed by atoms with Crippen LogP contribution in [-0.2, 0) is 32.0 Å². The Labute approximate surface area is 230 Å². The first-order valence-corrected chi connectivity index (χ1v) is 13.6. The van der Waals surface area contributed by atoms with Crippen molar-refractivity contribution in [2.45, 2.75) is 58.0 Å². The number of nitrogens with zero attached hydrogens (tertiary/aromatic N) is 2. The van der Waals surface area contributed by atoms with E-state index < -0.39 is 18.0 Å². The SMILES string of the molecule is CCC[C@H]1C(=O)N(C)CC(=O)N[C@H](Cc2ccccc2)C(=O)NCCCc2ccccc2OCCN1C(C)=O. The van der Waals surface area contributed by atoms with Gasteiger partial charge in [-0.15, -0.1) is 0 Å². The fraction of sp³-hybridized carbons (Fsp3) is 0.467. The molecule has 2 aromatic rings. The molecule has 0 aromatic heterocycles. The lowest BCUT2D eigenvalue weighted by Crippen LogP contribution is -2.54. The van der Waals surface area contributed by atoms with Crippen LogP contribution in [0.4, 0.5) is 0 Å². The molecule has 9 heteroatoms. The number of hydrogen-bond acceptors (Lipinski definition) is 5. The summed E-state index contributed by atoms with van der Waals surface area (Å²) in [7, 11) is 1.54. The summed E-state index contributed by atoms with van der Waals surface area (Å²) >= 11 is 0. The number of likely N-dealkylation sites (N-methyl/N-ethyl adjacent to an activating group) is 1. The van der Waals surface area contributed by atoms with Crippen LogP contribution in [0.5, 0.6) is 5.75 Å². The molecule has 210 valence electrons. The van der Waals surface area contributed by atoms with Crippen LogP contribution in [0.15, 0.2) is 54.6 Å². The lowest BCUT2D eigenvalue weighted by atomic mass is 10.0. The van der Waals surface area contributed by atoms with Gasteiger partial charge in [0.2, 0.25) is 23.6 Å². The van der Waals surface area contributed by atoms with Crippen LogP contribution in [-0.4, -0.2) is 78.8 Å². The predicted octanol–water partition coefficient (Wildman–Crippen LogP) is 2.33. The molecule has 1 heterocycles. The smallest absolute Gasteiger partial charge is 0.245 e. The van der Waals surface area contributed by atoms with Crippen molar-refractivity contribution in [3.63, 3.8) is 0 Å². The Balaban J connectivity index is 1.87. The van der Waals surface area contributed by atoms with Gasteiger partial charge in [0.15, 0.2) is 0 Å². The van der Waals surface area contributed by atoms with E-state index in [1.807, 2.05) is 61.5 Å². The molecular weight excluding hydrogens is 496 g/mol. The number of rotatable bonds is 4. The zero-order chi connectivity index (χ0) is 28.2. The predicted molar refractivity (Wildman–Crippen MR) is 149 cm³/mol. The van der Waals surface area contributed by atoms with Gasteiger partial charge in [0, 0.05) is 26.9 Å². The van der Waals surface area contributed by atoms with Crippen molar-refractivity contribution in [3.8, 4) is 5.75 Å². The highest BCUT2D eigenvalue weighted by molar-refractivity contribution is 5.92. The minimum absolute atomic E-state index is 0.228. The van der Waals surface area contributed by atoms with E-state index in [-0.39, 0.29) is 37.4 Å². The lowest BCUT2D eigenvalue weighted by molar-refractivity contribution is -0.146. The second-order valence-corrected chi connectivity index (χ2v) is 9.87. The van der Waals surface area contributed by atoms with Crippen LogP contribution in [0.2, 0.25) is 0 Å². The Morgan fingerprint density at radius 2 is 1.77 bits per heavy atom. The van der Waals surface area contributed by atoms with Crippen LogP contribution >= 0.6 is 0 Å². The minimum atomic E-state index is -0.793. The molecular formula is C30H40N4O5. The molecule has 0 aliphatic carbocycles. The van der Waals surface area contributed by atoms with Crippen LogP contribution in [0, 0.1) is 0 Å². The van der Waals surface area contributed by atoms with Gasteiger partial charge in [-0.25, -0.2) is 0 Å². The molecule has 0 fully saturated rings. The van der Waals surface area contributed by atoms with Gasteiger partial charge in [-0.1, -0.05) is 61.9 Å². The molecule has 0 radical (unpaired) electrons. The summed E-state index contributed by atoms with van der Waals surface area (Å²) in [4.78, 5) is 55.0. The van der Waals surface area contributed by atoms with Gasteiger partial charge < -0.3 is 25.2 Å². The molecule has 3 rings (SSSR count). The third-order valence-corrected chi connectivity index (χ3v) is 6.80. The monoisotopic (exact) mass is 536 g/mol. The molecule has 1 aliphatic heterocycles. The topological polar surface area (TPSA) is 108 Å². The lowest BCUT2D eigenvalue weighted by Gasteiger charge is -2.33. The van der Waals surface area contributed by atoms with Crippen molar-refractivity contribution in [2.24, 2.45) is 0 Å². The van der Waals surface area contributed by atoms with E-state index in [0.29, 0.717) is 38.6 Å². The quantitative estimate of drug-likeness (QED) is 0.624. The highest BCUT2D eigenvalue weighted by Gasteiger charge is 2.31. The molecule has 0 saturated carbocycles. The maximum atomic E-state index is 13.5. The number of fused-ring (bicyclic) bond motifs is 1. The Bertz CT molecular complexity index is 1120. The Morgan fingerprint density at radius 3 is 2.49 bits per heavy atom. The number of ether oxygens (including phenoxy) is 1. The van der Waals surface area contributed by atoms with Crippen LogP contribution in [0.1, 0.15) is 44.2 Å².